The first kappa shape index (κ1) is 33.3. The average molecular weight is 569 g/mol. The molecule has 0 unspecified atom stereocenters. The maximum Gasteiger partial charge on any atom is 0.404 e. The summed E-state index contributed by atoms with van der Waals surface area (Å²) in [7, 11) is 0. The van der Waals surface area contributed by atoms with Crippen molar-refractivity contribution in [3.05, 3.63) is 34.6 Å². The van der Waals surface area contributed by atoms with Crippen molar-refractivity contribution < 1.29 is 41.1 Å². The van der Waals surface area contributed by atoms with Crippen LogP contribution >= 0.6 is 0 Å². The van der Waals surface area contributed by atoms with E-state index in [0.717, 1.165) is 0 Å². The summed E-state index contributed by atoms with van der Waals surface area (Å²) in [5.41, 5.74) is 20.1. The average Bonchev–Trinajstić information content (AvgIpc) is 2.86. The lowest BCUT2D eigenvalue weighted by atomic mass is 10.0. The highest BCUT2D eigenvalue weighted by Gasteiger charge is 2.31. The molecule has 39 heavy (non-hydrogen) atoms. The summed E-state index contributed by atoms with van der Waals surface area (Å²) in [5.74, 6) is -13.1. The Kier molecular flexibility index (Phi) is 13.9. The van der Waals surface area contributed by atoms with Crippen molar-refractivity contribution in [1.29, 1.82) is 5.41 Å². The maximum absolute atomic E-state index is 14.3. The molecular formula is C22H33F5N8O4. The number of rotatable bonds is 17. The topological polar surface area (TPSA) is 224 Å². The minimum atomic E-state index is -2.35. The fraction of sp³-hybridized carbons (Fsp3) is 0.545. The molecule has 0 saturated carbocycles. The molecule has 1 aromatic rings. The van der Waals surface area contributed by atoms with Gasteiger partial charge in [-0.1, -0.05) is 0 Å². The molecule has 0 aliphatic heterocycles. The van der Waals surface area contributed by atoms with Crippen LogP contribution in [0.5, 0.6) is 0 Å². The van der Waals surface area contributed by atoms with Gasteiger partial charge in [-0.3, -0.25) is 15.0 Å². The highest BCUT2D eigenvalue weighted by atomic mass is 19.2. The highest BCUT2D eigenvalue weighted by molar-refractivity contribution is 5.89. The van der Waals surface area contributed by atoms with Gasteiger partial charge in [0.15, 0.2) is 29.2 Å². The minimum Gasteiger partial charge on any atom is -0.450 e. The standard InChI is InChI=1S/C22H33F5N8O4/c23-14-11(15(24)17(26)18(27)16(14)25)8-13(34-9-10(28)4-3-6-33-21(30)31)20(37)35-12(19(29)36)5-1-2-7-39-22(32)38/h10,12-13,34H,1-9,28H2,(H2,29,36)(H2,32,38)(H,35,37)(H4,30,31,33)/t10-,12+,13+/m1/s1. The van der Waals surface area contributed by atoms with Gasteiger partial charge in [0.1, 0.15) is 6.04 Å². The van der Waals surface area contributed by atoms with Crippen molar-refractivity contribution in [3.63, 3.8) is 0 Å². The molecule has 220 valence electrons. The summed E-state index contributed by atoms with van der Waals surface area (Å²) < 4.78 is 74.1. The molecule has 1 aromatic carbocycles. The van der Waals surface area contributed by atoms with Crippen molar-refractivity contribution >= 4 is 23.9 Å². The number of hydrogen-bond donors (Lipinski definition) is 8. The summed E-state index contributed by atoms with van der Waals surface area (Å²) in [6, 6.07) is -3.47. The first-order chi connectivity index (χ1) is 18.3. The summed E-state index contributed by atoms with van der Waals surface area (Å²) in [6.07, 6.45) is -0.667. The molecule has 0 fully saturated rings. The van der Waals surface area contributed by atoms with E-state index in [1.165, 1.54) is 0 Å². The molecule has 3 atom stereocenters. The lowest BCUT2D eigenvalue weighted by Crippen LogP contribution is -2.54. The summed E-state index contributed by atoms with van der Waals surface area (Å²) in [6.45, 7) is 0.139. The molecule has 12 nitrogen and oxygen atoms in total. The van der Waals surface area contributed by atoms with Crippen LogP contribution in [0.25, 0.3) is 0 Å². The van der Waals surface area contributed by atoms with E-state index in [1.54, 1.807) is 0 Å². The van der Waals surface area contributed by atoms with Crippen molar-refractivity contribution in [2.75, 3.05) is 19.7 Å². The number of guanidine groups is 1. The Balaban J connectivity index is 3.02. The number of primary amides is 2. The van der Waals surface area contributed by atoms with Gasteiger partial charge < -0.3 is 43.6 Å². The van der Waals surface area contributed by atoms with Gasteiger partial charge in [-0.25, -0.2) is 26.7 Å². The fourth-order valence-electron chi connectivity index (χ4n) is 3.46. The molecule has 17 heteroatoms. The van der Waals surface area contributed by atoms with Crippen LogP contribution in [0.4, 0.5) is 26.7 Å². The Bertz CT molecular complexity index is 1000. The zero-order valence-electron chi connectivity index (χ0n) is 20.9. The lowest BCUT2D eigenvalue weighted by molar-refractivity contribution is -0.128. The van der Waals surface area contributed by atoms with Crippen LogP contribution in [0.15, 0.2) is 0 Å². The van der Waals surface area contributed by atoms with Crippen LogP contribution < -0.4 is 38.9 Å². The van der Waals surface area contributed by atoms with Gasteiger partial charge in [0.2, 0.25) is 17.6 Å². The van der Waals surface area contributed by atoms with E-state index in [4.69, 9.17) is 28.3 Å². The van der Waals surface area contributed by atoms with Gasteiger partial charge in [-0.2, -0.15) is 0 Å². The predicted molar refractivity (Wildman–Crippen MR) is 129 cm³/mol. The Morgan fingerprint density at radius 1 is 0.846 bits per heavy atom. The van der Waals surface area contributed by atoms with E-state index in [9.17, 15) is 36.3 Å². The van der Waals surface area contributed by atoms with Crippen LogP contribution in [-0.4, -0.2) is 61.7 Å². The van der Waals surface area contributed by atoms with Gasteiger partial charge >= 0.3 is 6.09 Å². The Morgan fingerprint density at radius 3 is 1.97 bits per heavy atom. The number of hydrogen-bond acceptors (Lipinski definition) is 7. The molecule has 0 spiro atoms. The van der Waals surface area contributed by atoms with E-state index in [-0.39, 0.29) is 38.4 Å². The number of unbranched alkanes of at least 4 members (excludes halogenated alkanes) is 1. The summed E-state index contributed by atoms with van der Waals surface area (Å²) in [5, 5.41) is 14.6. The van der Waals surface area contributed by atoms with Gasteiger partial charge in [-0.05, 0) is 32.1 Å². The number of nitrogens with one attached hydrogen (secondary N) is 4. The number of nitrogens with two attached hydrogens (primary N) is 4. The summed E-state index contributed by atoms with van der Waals surface area (Å²) in [4.78, 5) is 35.4. The number of carbonyl (C=O) groups excluding carboxylic acids is 3. The number of ether oxygens (including phenoxy) is 1. The number of benzene rings is 1. The van der Waals surface area contributed by atoms with Crippen LogP contribution in [-0.2, 0) is 20.7 Å². The quantitative estimate of drug-likeness (QED) is 0.0310. The van der Waals surface area contributed by atoms with Crippen LogP contribution in [0.1, 0.15) is 37.7 Å². The molecular weight excluding hydrogens is 535 g/mol. The number of carbonyl (C=O) groups is 3. The van der Waals surface area contributed by atoms with Crippen LogP contribution in [0, 0.1) is 34.5 Å². The number of amides is 3. The third-order valence-electron chi connectivity index (χ3n) is 5.51. The second-order valence-electron chi connectivity index (χ2n) is 8.58. The molecule has 12 N–H and O–H groups in total. The second-order valence-corrected chi connectivity index (χ2v) is 8.58. The zero-order valence-corrected chi connectivity index (χ0v) is 20.9. The Hall–Kier alpha value is -3.73. The minimum absolute atomic E-state index is 0.0128. The molecule has 0 heterocycles. The SMILES string of the molecule is N=C(N)NCCC[C@@H](N)CN[C@@H](Cc1c(F)c(F)c(F)c(F)c1F)C(=O)N[C@@H](CCCCOC(N)=O)C(N)=O. The molecule has 0 aliphatic rings. The van der Waals surface area contributed by atoms with Crippen molar-refractivity contribution in [2.24, 2.45) is 22.9 Å². The number of halogens is 5. The summed E-state index contributed by atoms with van der Waals surface area (Å²) >= 11 is 0. The normalized spacial score (nSPS) is 13.3. The maximum atomic E-state index is 14.3. The molecule has 0 aliphatic carbocycles. The third-order valence-corrected chi connectivity index (χ3v) is 5.51. The van der Waals surface area contributed by atoms with E-state index in [2.05, 4.69) is 20.7 Å². The largest absolute Gasteiger partial charge is 0.450 e. The zero-order chi connectivity index (χ0) is 29.7. The first-order valence-electron chi connectivity index (χ1n) is 11.8. The lowest BCUT2D eigenvalue weighted by Gasteiger charge is -2.24. The van der Waals surface area contributed by atoms with Crippen molar-refractivity contribution in [1.82, 2.24) is 16.0 Å². The van der Waals surface area contributed by atoms with E-state index < -0.39 is 77.1 Å². The molecule has 0 saturated heterocycles. The second kappa shape index (κ2) is 16.3. The first-order valence-corrected chi connectivity index (χ1v) is 11.8. The van der Waals surface area contributed by atoms with Gasteiger partial charge in [0, 0.05) is 31.1 Å². The smallest absolute Gasteiger partial charge is 0.404 e. The highest BCUT2D eigenvalue weighted by Crippen LogP contribution is 2.24. The van der Waals surface area contributed by atoms with E-state index in [0.29, 0.717) is 19.4 Å². The monoisotopic (exact) mass is 568 g/mol. The van der Waals surface area contributed by atoms with Gasteiger partial charge in [0.05, 0.1) is 12.6 Å². The van der Waals surface area contributed by atoms with Crippen LogP contribution in [0.2, 0.25) is 0 Å². The molecule has 0 radical (unpaired) electrons. The molecule has 3 amide bonds. The van der Waals surface area contributed by atoms with Gasteiger partial charge in [0.25, 0.3) is 0 Å². The van der Waals surface area contributed by atoms with E-state index in [1.807, 2.05) is 0 Å². The molecule has 0 bridgehead atoms. The molecule has 1 rings (SSSR count). The van der Waals surface area contributed by atoms with Crippen molar-refractivity contribution in [2.45, 2.75) is 56.7 Å². The van der Waals surface area contributed by atoms with Crippen molar-refractivity contribution in [3.8, 4) is 0 Å². The Labute approximate surface area is 220 Å². The van der Waals surface area contributed by atoms with Gasteiger partial charge in [-0.15, -0.1) is 0 Å². The fourth-order valence-corrected chi connectivity index (χ4v) is 3.46. The Morgan fingerprint density at radius 2 is 1.44 bits per heavy atom. The third kappa shape index (κ3) is 11.3. The van der Waals surface area contributed by atoms with E-state index >= 15 is 0 Å². The van der Waals surface area contributed by atoms with Crippen LogP contribution in [0.3, 0.4) is 0 Å². The predicted octanol–water partition coefficient (Wildman–Crippen LogP) is -0.291. The molecule has 0 aromatic heterocycles.